The third kappa shape index (κ3) is 5.47. The minimum absolute atomic E-state index is 0.0673. The van der Waals surface area contributed by atoms with Gasteiger partial charge in [-0.3, -0.25) is 14.5 Å². The van der Waals surface area contributed by atoms with Gasteiger partial charge in [0, 0.05) is 26.2 Å². The van der Waals surface area contributed by atoms with Crippen LogP contribution in [-0.2, 0) is 9.59 Å². The van der Waals surface area contributed by atoms with Gasteiger partial charge >= 0.3 is 0 Å². The number of carbonyl (C=O) groups is 2. The molecule has 2 saturated heterocycles. The Bertz CT molecular complexity index is 428. The molecule has 1 N–H and O–H groups in total. The van der Waals surface area contributed by atoms with Crippen LogP contribution in [0.25, 0.3) is 0 Å². The molecule has 0 aromatic heterocycles. The number of hydrogen-bond donors (Lipinski definition) is 1. The van der Waals surface area contributed by atoms with E-state index >= 15 is 0 Å². The fraction of sp³-hybridized carbons (Fsp3) is 0.895. The molecule has 1 aliphatic carbocycles. The molecule has 3 aliphatic rings. The molecule has 0 aromatic rings. The molecule has 2 amide bonds. The van der Waals surface area contributed by atoms with Gasteiger partial charge in [-0.15, -0.1) is 0 Å². The summed E-state index contributed by atoms with van der Waals surface area (Å²) in [6, 6.07) is 0. The van der Waals surface area contributed by atoms with E-state index in [-0.39, 0.29) is 17.7 Å². The fourth-order valence-corrected chi connectivity index (χ4v) is 3.91. The molecule has 1 atom stereocenters. The standard InChI is InChI=1S/C19H33N3O2/c23-18(22-11-4-2-1-3-5-12-22)15-21-10-6-7-17(14-21)19(24)20-13-16-8-9-16/h16-17H,1-15H2,(H,20,24). The lowest BCUT2D eigenvalue weighted by Crippen LogP contribution is -2.48. The second-order valence-electron chi connectivity index (χ2n) is 7.91. The maximum atomic E-state index is 12.6. The van der Waals surface area contributed by atoms with Gasteiger partial charge in [0.05, 0.1) is 12.5 Å². The van der Waals surface area contributed by atoms with Crippen molar-refractivity contribution in [1.82, 2.24) is 15.1 Å². The molecule has 0 bridgehead atoms. The lowest BCUT2D eigenvalue weighted by Gasteiger charge is -2.33. The van der Waals surface area contributed by atoms with E-state index in [2.05, 4.69) is 15.1 Å². The molecular formula is C19H33N3O2. The molecule has 24 heavy (non-hydrogen) atoms. The Hall–Kier alpha value is -1.10. The van der Waals surface area contributed by atoms with E-state index in [1.165, 1.54) is 32.1 Å². The normalized spacial score (nSPS) is 26.5. The molecule has 0 spiro atoms. The van der Waals surface area contributed by atoms with Crippen LogP contribution in [0.2, 0.25) is 0 Å². The highest BCUT2D eigenvalue weighted by Gasteiger charge is 2.29. The van der Waals surface area contributed by atoms with Crippen molar-refractivity contribution in [2.75, 3.05) is 39.3 Å². The average molecular weight is 335 g/mol. The van der Waals surface area contributed by atoms with Crippen molar-refractivity contribution in [2.45, 2.75) is 57.8 Å². The third-order valence-corrected chi connectivity index (χ3v) is 5.71. The summed E-state index contributed by atoms with van der Waals surface area (Å²) in [4.78, 5) is 29.2. The summed E-state index contributed by atoms with van der Waals surface area (Å²) in [5.41, 5.74) is 0. The zero-order chi connectivity index (χ0) is 16.8. The Morgan fingerprint density at radius 1 is 0.875 bits per heavy atom. The van der Waals surface area contributed by atoms with E-state index in [0.29, 0.717) is 6.54 Å². The number of likely N-dealkylation sites (tertiary alicyclic amines) is 2. The Morgan fingerprint density at radius 3 is 2.29 bits per heavy atom. The number of piperidine rings is 1. The first-order chi connectivity index (χ1) is 11.7. The van der Waals surface area contributed by atoms with Crippen molar-refractivity contribution in [2.24, 2.45) is 11.8 Å². The fourth-order valence-electron chi connectivity index (χ4n) is 3.91. The molecule has 0 radical (unpaired) electrons. The number of carbonyl (C=O) groups excluding carboxylic acids is 2. The maximum absolute atomic E-state index is 12.6. The van der Waals surface area contributed by atoms with Crippen molar-refractivity contribution in [1.29, 1.82) is 0 Å². The monoisotopic (exact) mass is 335 g/mol. The van der Waals surface area contributed by atoms with Crippen LogP contribution in [0.4, 0.5) is 0 Å². The molecule has 1 saturated carbocycles. The lowest BCUT2D eigenvalue weighted by atomic mass is 9.97. The number of rotatable bonds is 5. The number of amides is 2. The van der Waals surface area contributed by atoms with Crippen molar-refractivity contribution in [3.05, 3.63) is 0 Å². The van der Waals surface area contributed by atoms with Crippen molar-refractivity contribution >= 4 is 11.8 Å². The van der Waals surface area contributed by atoms with Crippen LogP contribution in [0.1, 0.15) is 57.8 Å². The molecule has 2 aliphatic heterocycles. The van der Waals surface area contributed by atoms with Crippen LogP contribution < -0.4 is 5.32 Å². The first-order valence-corrected chi connectivity index (χ1v) is 10.0. The number of nitrogens with zero attached hydrogens (tertiary/aromatic N) is 2. The van der Waals surface area contributed by atoms with Gasteiger partial charge in [0.15, 0.2) is 0 Å². The van der Waals surface area contributed by atoms with Crippen molar-refractivity contribution < 1.29 is 9.59 Å². The molecular weight excluding hydrogens is 302 g/mol. The van der Waals surface area contributed by atoms with Crippen molar-refractivity contribution in [3.8, 4) is 0 Å². The lowest BCUT2D eigenvalue weighted by molar-refractivity contribution is -0.135. The Kier molecular flexibility index (Phi) is 6.52. The first-order valence-electron chi connectivity index (χ1n) is 10.0. The summed E-state index contributed by atoms with van der Waals surface area (Å²) < 4.78 is 0. The van der Waals surface area contributed by atoms with Gasteiger partial charge in [-0.25, -0.2) is 0 Å². The molecule has 3 fully saturated rings. The van der Waals surface area contributed by atoms with Crippen LogP contribution >= 0.6 is 0 Å². The van der Waals surface area contributed by atoms with E-state index < -0.39 is 0 Å². The topological polar surface area (TPSA) is 52.7 Å². The van der Waals surface area contributed by atoms with Crippen LogP contribution in [0.15, 0.2) is 0 Å². The maximum Gasteiger partial charge on any atom is 0.236 e. The van der Waals surface area contributed by atoms with Crippen LogP contribution in [0.3, 0.4) is 0 Å². The molecule has 0 aromatic carbocycles. The number of hydrogen-bond acceptors (Lipinski definition) is 3. The van der Waals surface area contributed by atoms with Crippen LogP contribution in [-0.4, -0.2) is 60.9 Å². The molecule has 5 heteroatoms. The van der Waals surface area contributed by atoms with Gasteiger partial charge in [-0.2, -0.15) is 0 Å². The van der Waals surface area contributed by atoms with E-state index in [4.69, 9.17) is 0 Å². The van der Waals surface area contributed by atoms with E-state index in [0.717, 1.165) is 64.3 Å². The zero-order valence-electron chi connectivity index (χ0n) is 15.0. The minimum atomic E-state index is 0.0673. The van der Waals surface area contributed by atoms with Gasteiger partial charge in [-0.05, 0) is 51.0 Å². The second kappa shape index (κ2) is 8.84. The predicted molar refractivity (Wildman–Crippen MR) is 94.6 cm³/mol. The highest BCUT2D eigenvalue weighted by atomic mass is 16.2. The third-order valence-electron chi connectivity index (χ3n) is 5.71. The average Bonchev–Trinajstić information content (AvgIpc) is 3.36. The Balaban J connectivity index is 1.43. The first kappa shape index (κ1) is 17.7. The summed E-state index contributed by atoms with van der Waals surface area (Å²) in [5, 5.41) is 3.11. The largest absolute Gasteiger partial charge is 0.356 e. The minimum Gasteiger partial charge on any atom is -0.356 e. The second-order valence-corrected chi connectivity index (χ2v) is 7.91. The van der Waals surface area contributed by atoms with Gasteiger partial charge in [0.2, 0.25) is 11.8 Å². The molecule has 2 heterocycles. The highest BCUT2D eigenvalue weighted by Crippen LogP contribution is 2.28. The molecule has 1 unspecified atom stereocenters. The number of nitrogens with one attached hydrogen (secondary N) is 1. The van der Waals surface area contributed by atoms with Gasteiger partial charge in [0.25, 0.3) is 0 Å². The van der Waals surface area contributed by atoms with E-state index in [9.17, 15) is 9.59 Å². The van der Waals surface area contributed by atoms with E-state index in [1.54, 1.807) is 0 Å². The molecule has 3 rings (SSSR count). The van der Waals surface area contributed by atoms with Crippen molar-refractivity contribution in [3.63, 3.8) is 0 Å². The predicted octanol–water partition coefficient (Wildman–Crippen LogP) is 2.02. The Labute approximate surface area is 146 Å². The summed E-state index contributed by atoms with van der Waals surface area (Å²) in [7, 11) is 0. The zero-order valence-corrected chi connectivity index (χ0v) is 15.0. The van der Waals surface area contributed by atoms with Gasteiger partial charge in [-0.1, -0.05) is 19.3 Å². The highest BCUT2D eigenvalue weighted by molar-refractivity contribution is 5.80. The quantitative estimate of drug-likeness (QED) is 0.836. The summed E-state index contributed by atoms with van der Waals surface area (Å²) in [5.74, 6) is 1.25. The van der Waals surface area contributed by atoms with Crippen LogP contribution in [0.5, 0.6) is 0 Å². The summed E-state index contributed by atoms with van der Waals surface area (Å²) >= 11 is 0. The van der Waals surface area contributed by atoms with Gasteiger partial charge < -0.3 is 10.2 Å². The smallest absolute Gasteiger partial charge is 0.236 e. The SMILES string of the molecule is O=C(NCC1CC1)C1CCCN(CC(=O)N2CCCCCCC2)C1. The molecule has 136 valence electrons. The van der Waals surface area contributed by atoms with Crippen LogP contribution in [0, 0.1) is 11.8 Å². The van der Waals surface area contributed by atoms with Gasteiger partial charge in [0.1, 0.15) is 0 Å². The van der Waals surface area contributed by atoms with E-state index in [1.807, 2.05) is 0 Å². The summed E-state index contributed by atoms with van der Waals surface area (Å²) in [6.07, 6.45) is 10.6. The summed E-state index contributed by atoms with van der Waals surface area (Å²) in [6.45, 7) is 4.87. The Morgan fingerprint density at radius 2 is 1.58 bits per heavy atom. The molecule has 5 nitrogen and oxygen atoms in total.